The van der Waals surface area contributed by atoms with E-state index in [0.29, 0.717) is 31.0 Å². The van der Waals surface area contributed by atoms with Crippen molar-refractivity contribution in [3.63, 3.8) is 0 Å². The van der Waals surface area contributed by atoms with Crippen molar-refractivity contribution >= 4 is 28.3 Å². The number of anilines is 1. The molecular formula is C27H28FN3O3. The van der Waals surface area contributed by atoms with Gasteiger partial charge in [0.15, 0.2) is 0 Å². The number of carbonyl (C=O) groups is 2. The molecule has 34 heavy (non-hydrogen) atoms. The lowest BCUT2D eigenvalue weighted by Gasteiger charge is -2.35. The van der Waals surface area contributed by atoms with E-state index >= 15 is 0 Å². The molecule has 6 nitrogen and oxygen atoms in total. The zero-order chi connectivity index (χ0) is 23.5. The number of ether oxygens (including phenoxy) is 1. The highest BCUT2D eigenvalue weighted by Gasteiger charge is 2.30. The molecule has 5 rings (SSSR count). The third-order valence-electron chi connectivity index (χ3n) is 6.53. The lowest BCUT2D eigenvalue weighted by molar-refractivity contribution is -0.117. The third-order valence-corrected chi connectivity index (χ3v) is 6.53. The molecule has 1 saturated heterocycles. The number of carbonyl (C=O) groups excluding carboxylic acids is 2. The highest BCUT2D eigenvalue weighted by atomic mass is 19.1. The molecular weight excluding hydrogens is 433 g/mol. The van der Waals surface area contributed by atoms with Crippen LogP contribution in [-0.4, -0.2) is 49.6 Å². The van der Waals surface area contributed by atoms with Gasteiger partial charge in [0, 0.05) is 25.6 Å². The summed E-state index contributed by atoms with van der Waals surface area (Å²) in [6.07, 6.45) is 1.78. The maximum atomic E-state index is 13.5. The largest absolute Gasteiger partial charge is 0.379 e. The number of nitrogens with zero attached hydrogens (tertiary/aromatic N) is 1. The van der Waals surface area contributed by atoms with E-state index in [1.54, 1.807) is 12.1 Å². The zero-order valence-corrected chi connectivity index (χ0v) is 18.9. The molecule has 2 fully saturated rings. The Hall–Kier alpha value is -3.29. The van der Waals surface area contributed by atoms with Crippen molar-refractivity contribution in [3.8, 4) is 0 Å². The molecule has 1 aliphatic carbocycles. The van der Waals surface area contributed by atoms with Crippen LogP contribution < -0.4 is 10.6 Å². The molecule has 0 bridgehead atoms. The van der Waals surface area contributed by atoms with Crippen LogP contribution in [-0.2, 0) is 9.53 Å². The van der Waals surface area contributed by atoms with Crippen LogP contribution in [0.2, 0.25) is 0 Å². The number of halogens is 1. The fourth-order valence-corrected chi connectivity index (χ4v) is 4.43. The van der Waals surface area contributed by atoms with Crippen molar-refractivity contribution in [2.45, 2.75) is 18.9 Å². The van der Waals surface area contributed by atoms with Crippen molar-refractivity contribution in [1.29, 1.82) is 0 Å². The summed E-state index contributed by atoms with van der Waals surface area (Å²) in [7, 11) is 0. The Morgan fingerprint density at radius 3 is 2.35 bits per heavy atom. The van der Waals surface area contributed by atoms with Crippen molar-refractivity contribution in [1.82, 2.24) is 10.2 Å². The minimum absolute atomic E-state index is 0.0339. The van der Waals surface area contributed by atoms with E-state index in [1.165, 1.54) is 12.1 Å². The van der Waals surface area contributed by atoms with Crippen LogP contribution in [0.4, 0.5) is 10.1 Å². The Labute approximate surface area is 198 Å². The number of nitrogens with one attached hydrogen (secondary N) is 2. The van der Waals surface area contributed by atoms with Gasteiger partial charge in [-0.2, -0.15) is 0 Å². The molecule has 2 N–H and O–H groups in total. The molecule has 3 aromatic carbocycles. The van der Waals surface area contributed by atoms with Crippen molar-refractivity contribution in [2.24, 2.45) is 5.92 Å². The van der Waals surface area contributed by atoms with Crippen LogP contribution in [0.25, 0.3) is 10.8 Å². The molecule has 1 unspecified atom stereocenters. The smallest absolute Gasteiger partial charge is 0.253 e. The predicted octanol–water partition coefficient (Wildman–Crippen LogP) is 4.13. The van der Waals surface area contributed by atoms with Crippen molar-refractivity contribution in [2.75, 3.05) is 38.2 Å². The van der Waals surface area contributed by atoms with Gasteiger partial charge in [-0.1, -0.05) is 36.4 Å². The van der Waals surface area contributed by atoms with Crippen LogP contribution in [0.3, 0.4) is 0 Å². The second-order valence-corrected chi connectivity index (χ2v) is 8.93. The van der Waals surface area contributed by atoms with Gasteiger partial charge < -0.3 is 15.4 Å². The number of rotatable bonds is 7. The Bertz CT molecular complexity index is 1190. The van der Waals surface area contributed by atoms with Crippen molar-refractivity contribution in [3.05, 3.63) is 77.6 Å². The fraction of sp³-hybridized carbons (Fsp3) is 0.333. The lowest BCUT2D eigenvalue weighted by Crippen LogP contribution is -2.44. The minimum atomic E-state index is -0.291. The van der Waals surface area contributed by atoms with E-state index in [1.807, 2.05) is 36.4 Å². The molecule has 2 amide bonds. The van der Waals surface area contributed by atoms with Gasteiger partial charge in [-0.05, 0) is 53.4 Å². The number of morpholine rings is 1. The first kappa shape index (κ1) is 22.5. The van der Waals surface area contributed by atoms with E-state index in [2.05, 4.69) is 15.5 Å². The molecule has 0 radical (unpaired) electrons. The number of hydrogen-bond donors (Lipinski definition) is 2. The second kappa shape index (κ2) is 9.91. The van der Waals surface area contributed by atoms with Gasteiger partial charge in [-0.3, -0.25) is 14.5 Å². The molecule has 1 saturated carbocycles. The van der Waals surface area contributed by atoms with E-state index in [-0.39, 0.29) is 29.6 Å². The summed E-state index contributed by atoms with van der Waals surface area (Å²) < 4.78 is 19.0. The quantitative estimate of drug-likeness (QED) is 0.555. The second-order valence-electron chi connectivity index (χ2n) is 8.93. The summed E-state index contributed by atoms with van der Waals surface area (Å²) in [6, 6.07) is 17.8. The van der Waals surface area contributed by atoms with Gasteiger partial charge in [-0.25, -0.2) is 4.39 Å². The standard InChI is InChI=1S/C27H28FN3O3/c28-22-9-7-18(8-10-22)25(31-11-13-34-14-12-31)17-29-27(33)23-15-20-3-1-2-4-21(20)16-24(23)30-26(32)19-5-6-19/h1-4,7-10,15-16,19,25H,5-6,11-14,17H2,(H,29,33)(H,30,32). The Morgan fingerprint density at radius 1 is 1.00 bits per heavy atom. The summed E-state index contributed by atoms with van der Waals surface area (Å²) in [5.74, 6) is -0.550. The molecule has 0 aromatic heterocycles. The molecule has 2 aliphatic rings. The molecule has 7 heteroatoms. The Balaban J connectivity index is 1.39. The third kappa shape index (κ3) is 5.11. The van der Waals surface area contributed by atoms with Gasteiger partial charge >= 0.3 is 0 Å². The highest BCUT2D eigenvalue weighted by Crippen LogP contribution is 2.32. The maximum Gasteiger partial charge on any atom is 0.253 e. The van der Waals surface area contributed by atoms with E-state index < -0.39 is 0 Å². The molecule has 1 heterocycles. The van der Waals surface area contributed by atoms with Crippen LogP contribution >= 0.6 is 0 Å². The van der Waals surface area contributed by atoms with E-state index in [9.17, 15) is 14.0 Å². The normalized spacial score (nSPS) is 17.3. The Kier molecular flexibility index (Phi) is 6.56. The molecule has 0 spiro atoms. The predicted molar refractivity (Wildman–Crippen MR) is 129 cm³/mol. The molecule has 1 aliphatic heterocycles. The van der Waals surface area contributed by atoms with Gasteiger partial charge in [-0.15, -0.1) is 0 Å². The van der Waals surface area contributed by atoms with Gasteiger partial charge in [0.2, 0.25) is 5.91 Å². The Morgan fingerprint density at radius 2 is 1.68 bits per heavy atom. The first-order valence-corrected chi connectivity index (χ1v) is 11.8. The van der Waals surface area contributed by atoms with Gasteiger partial charge in [0.25, 0.3) is 5.91 Å². The average molecular weight is 462 g/mol. The number of amides is 2. The topological polar surface area (TPSA) is 70.7 Å². The number of fused-ring (bicyclic) bond motifs is 1. The van der Waals surface area contributed by atoms with E-state index in [4.69, 9.17) is 4.74 Å². The summed E-state index contributed by atoms with van der Waals surface area (Å²) in [5.41, 5.74) is 1.90. The lowest BCUT2D eigenvalue weighted by atomic mass is 10.0. The van der Waals surface area contributed by atoms with Crippen LogP contribution in [0.5, 0.6) is 0 Å². The summed E-state index contributed by atoms with van der Waals surface area (Å²) in [6.45, 7) is 3.06. The van der Waals surface area contributed by atoms with Gasteiger partial charge in [0.05, 0.1) is 30.5 Å². The average Bonchev–Trinajstić information content (AvgIpc) is 3.71. The monoisotopic (exact) mass is 461 g/mol. The van der Waals surface area contributed by atoms with Crippen LogP contribution in [0.15, 0.2) is 60.7 Å². The van der Waals surface area contributed by atoms with Gasteiger partial charge in [0.1, 0.15) is 5.82 Å². The van der Waals surface area contributed by atoms with E-state index in [0.717, 1.165) is 42.3 Å². The number of benzene rings is 3. The summed E-state index contributed by atoms with van der Waals surface area (Å²) in [4.78, 5) is 28.1. The zero-order valence-electron chi connectivity index (χ0n) is 18.9. The maximum absolute atomic E-state index is 13.5. The van der Waals surface area contributed by atoms with Crippen molar-refractivity contribution < 1.29 is 18.7 Å². The summed E-state index contributed by atoms with van der Waals surface area (Å²) in [5, 5.41) is 7.92. The molecule has 176 valence electrons. The first-order valence-electron chi connectivity index (χ1n) is 11.8. The van der Waals surface area contributed by atoms with Crippen LogP contribution in [0, 0.1) is 11.7 Å². The number of hydrogen-bond acceptors (Lipinski definition) is 4. The minimum Gasteiger partial charge on any atom is -0.379 e. The molecule has 3 aromatic rings. The SMILES string of the molecule is O=C(NCC(c1ccc(F)cc1)N1CCOCC1)c1cc2ccccc2cc1NC(=O)C1CC1. The first-order chi connectivity index (χ1) is 16.6. The van der Waals surface area contributed by atoms with Crippen LogP contribution in [0.1, 0.15) is 34.8 Å². The molecule has 1 atom stereocenters. The highest BCUT2D eigenvalue weighted by molar-refractivity contribution is 6.08. The summed E-state index contributed by atoms with van der Waals surface area (Å²) >= 11 is 0. The fourth-order valence-electron chi connectivity index (χ4n) is 4.43.